The topological polar surface area (TPSA) is 89.3 Å². The van der Waals surface area contributed by atoms with Crippen LogP contribution in [0.1, 0.15) is 17.2 Å². The number of nitrogens with two attached hydrogens (primary N) is 2. The smallest absolute Gasteiger partial charge is 0.418 e. The molecule has 0 bridgehead atoms. The summed E-state index contributed by atoms with van der Waals surface area (Å²) in [6, 6.07) is 1.29. The highest BCUT2D eigenvalue weighted by Crippen LogP contribution is 2.34. The molecule has 0 heterocycles. The lowest BCUT2D eigenvalue weighted by Crippen LogP contribution is -2.21. The van der Waals surface area contributed by atoms with Gasteiger partial charge < -0.3 is 16.6 Å². The zero-order chi connectivity index (χ0) is 12.5. The Labute approximate surface area is 88.7 Å². The number of rotatable bonds is 2. The fourth-order valence-electron chi connectivity index (χ4n) is 1.16. The number of anilines is 1. The number of aliphatic carboxylic acids is 1. The third-order valence-electron chi connectivity index (χ3n) is 2.01. The van der Waals surface area contributed by atoms with E-state index in [1.54, 1.807) is 0 Å². The molecule has 0 fully saturated rings. The minimum absolute atomic E-state index is 0.144. The van der Waals surface area contributed by atoms with E-state index in [2.05, 4.69) is 0 Å². The van der Waals surface area contributed by atoms with Crippen LogP contribution in [-0.2, 0) is 11.0 Å². The molecule has 0 saturated carbocycles. The average Bonchev–Trinajstić information content (AvgIpc) is 2.15. The molecule has 0 unspecified atom stereocenters. The van der Waals surface area contributed by atoms with Crippen LogP contribution in [0.25, 0.3) is 0 Å². The van der Waals surface area contributed by atoms with Crippen LogP contribution in [0.4, 0.5) is 18.9 Å². The Balaban J connectivity index is 3.23. The number of carbonyl (C=O) groups is 1. The molecular formula is C9H9F3N2O2. The summed E-state index contributed by atoms with van der Waals surface area (Å²) in [6.45, 7) is 0. The maximum atomic E-state index is 12.4. The zero-order valence-corrected chi connectivity index (χ0v) is 7.95. The van der Waals surface area contributed by atoms with Crippen LogP contribution in [0.5, 0.6) is 0 Å². The molecule has 5 N–H and O–H groups in total. The van der Waals surface area contributed by atoms with E-state index in [0.717, 1.165) is 12.1 Å². The molecule has 88 valence electrons. The van der Waals surface area contributed by atoms with Gasteiger partial charge in [-0.25, -0.2) is 0 Å². The molecule has 0 aromatic heterocycles. The van der Waals surface area contributed by atoms with Crippen molar-refractivity contribution in [1.29, 1.82) is 0 Å². The highest BCUT2D eigenvalue weighted by molar-refractivity contribution is 5.75. The largest absolute Gasteiger partial charge is 0.480 e. The molecule has 0 aliphatic rings. The van der Waals surface area contributed by atoms with Crippen molar-refractivity contribution in [2.75, 3.05) is 5.73 Å². The van der Waals surface area contributed by atoms with Crippen LogP contribution in [-0.4, -0.2) is 11.1 Å². The summed E-state index contributed by atoms with van der Waals surface area (Å²) in [4.78, 5) is 10.5. The van der Waals surface area contributed by atoms with E-state index in [0.29, 0.717) is 6.07 Å². The Morgan fingerprint density at radius 2 is 1.94 bits per heavy atom. The summed E-state index contributed by atoms with van der Waals surface area (Å²) >= 11 is 0. The lowest BCUT2D eigenvalue weighted by Gasteiger charge is -2.13. The van der Waals surface area contributed by atoms with E-state index in [-0.39, 0.29) is 5.56 Å². The molecule has 0 aliphatic carbocycles. The molecule has 1 rings (SSSR count). The van der Waals surface area contributed by atoms with Crippen LogP contribution in [0.15, 0.2) is 18.2 Å². The first kappa shape index (κ1) is 12.3. The number of halogens is 3. The standard InChI is InChI=1S/C9H9F3N2O2/c10-9(11,12)5-3-4(1-2-6(5)13)7(14)8(15)16/h1-3,7H,13-14H2,(H,15,16)/t7-/m0/s1. The van der Waals surface area contributed by atoms with Gasteiger partial charge in [0.05, 0.1) is 5.56 Å². The summed E-state index contributed by atoms with van der Waals surface area (Å²) in [5.74, 6) is -1.40. The number of alkyl halides is 3. The molecule has 4 nitrogen and oxygen atoms in total. The second-order valence-corrected chi connectivity index (χ2v) is 3.16. The fourth-order valence-corrected chi connectivity index (χ4v) is 1.16. The summed E-state index contributed by atoms with van der Waals surface area (Å²) in [5, 5.41) is 8.56. The number of hydrogen-bond acceptors (Lipinski definition) is 3. The summed E-state index contributed by atoms with van der Waals surface area (Å²) in [7, 11) is 0. The van der Waals surface area contributed by atoms with E-state index < -0.39 is 29.4 Å². The minimum Gasteiger partial charge on any atom is -0.480 e. The Morgan fingerprint density at radius 1 is 1.38 bits per heavy atom. The number of nitrogen functional groups attached to an aromatic ring is 1. The Bertz CT molecular complexity index is 418. The van der Waals surface area contributed by atoms with Crippen LogP contribution < -0.4 is 11.5 Å². The van der Waals surface area contributed by atoms with Crippen LogP contribution in [0.3, 0.4) is 0 Å². The van der Waals surface area contributed by atoms with Gasteiger partial charge in [-0.15, -0.1) is 0 Å². The molecule has 0 spiro atoms. The van der Waals surface area contributed by atoms with Crippen molar-refractivity contribution >= 4 is 11.7 Å². The van der Waals surface area contributed by atoms with Gasteiger partial charge in [-0.1, -0.05) is 6.07 Å². The van der Waals surface area contributed by atoms with Crippen molar-refractivity contribution in [2.24, 2.45) is 5.73 Å². The SMILES string of the molecule is Nc1ccc([C@H](N)C(=O)O)cc1C(F)(F)F. The Hall–Kier alpha value is -1.76. The van der Waals surface area contributed by atoms with Gasteiger partial charge >= 0.3 is 12.1 Å². The van der Waals surface area contributed by atoms with E-state index in [1.165, 1.54) is 0 Å². The quantitative estimate of drug-likeness (QED) is 0.674. The second-order valence-electron chi connectivity index (χ2n) is 3.16. The van der Waals surface area contributed by atoms with Gasteiger partial charge in [-0.05, 0) is 17.7 Å². The van der Waals surface area contributed by atoms with Gasteiger partial charge in [0.1, 0.15) is 6.04 Å². The molecule has 0 radical (unpaired) electrons. The van der Waals surface area contributed by atoms with Crippen LogP contribution in [0.2, 0.25) is 0 Å². The predicted octanol–water partition coefficient (Wildman–Crippen LogP) is 1.37. The molecule has 0 saturated heterocycles. The highest BCUT2D eigenvalue weighted by Gasteiger charge is 2.33. The van der Waals surface area contributed by atoms with Crippen LogP contribution >= 0.6 is 0 Å². The van der Waals surface area contributed by atoms with Crippen molar-refractivity contribution in [2.45, 2.75) is 12.2 Å². The number of carboxylic acid groups (broad SMARTS) is 1. The lowest BCUT2D eigenvalue weighted by molar-refractivity contribution is -0.139. The first-order valence-corrected chi connectivity index (χ1v) is 4.18. The van der Waals surface area contributed by atoms with Gasteiger partial charge in [-0.2, -0.15) is 13.2 Å². The molecule has 0 amide bonds. The van der Waals surface area contributed by atoms with Gasteiger partial charge in [0.2, 0.25) is 0 Å². The summed E-state index contributed by atoms with van der Waals surface area (Å²) in [6.07, 6.45) is -4.63. The minimum atomic E-state index is -4.63. The predicted molar refractivity (Wildman–Crippen MR) is 50.4 cm³/mol. The molecule has 16 heavy (non-hydrogen) atoms. The maximum absolute atomic E-state index is 12.4. The number of benzene rings is 1. The highest BCUT2D eigenvalue weighted by atomic mass is 19.4. The molecule has 1 atom stereocenters. The van der Waals surface area contributed by atoms with E-state index in [4.69, 9.17) is 16.6 Å². The Morgan fingerprint density at radius 3 is 2.38 bits per heavy atom. The molecule has 1 aromatic rings. The first-order chi connectivity index (χ1) is 7.23. The normalized spacial score (nSPS) is 13.5. The number of carboxylic acids is 1. The van der Waals surface area contributed by atoms with Crippen molar-refractivity contribution < 1.29 is 23.1 Å². The van der Waals surface area contributed by atoms with Gasteiger partial charge in [-0.3, -0.25) is 4.79 Å². The van der Waals surface area contributed by atoms with E-state index in [1.807, 2.05) is 0 Å². The summed E-state index contributed by atoms with van der Waals surface area (Å²) < 4.78 is 37.3. The van der Waals surface area contributed by atoms with Gasteiger partial charge in [0.15, 0.2) is 0 Å². The van der Waals surface area contributed by atoms with Crippen molar-refractivity contribution in [3.05, 3.63) is 29.3 Å². The van der Waals surface area contributed by atoms with Crippen molar-refractivity contribution in [3.63, 3.8) is 0 Å². The molecular weight excluding hydrogens is 225 g/mol. The summed E-state index contributed by atoms with van der Waals surface area (Å²) in [5.41, 5.74) is 8.65. The molecule has 7 heteroatoms. The maximum Gasteiger partial charge on any atom is 0.418 e. The monoisotopic (exact) mass is 234 g/mol. The fraction of sp³-hybridized carbons (Fsp3) is 0.222. The van der Waals surface area contributed by atoms with Crippen molar-refractivity contribution in [3.8, 4) is 0 Å². The first-order valence-electron chi connectivity index (χ1n) is 4.18. The second kappa shape index (κ2) is 4.01. The molecule has 1 aromatic carbocycles. The van der Waals surface area contributed by atoms with Crippen LogP contribution in [0, 0.1) is 0 Å². The van der Waals surface area contributed by atoms with E-state index >= 15 is 0 Å². The molecule has 0 aliphatic heterocycles. The van der Waals surface area contributed by atoms with Crippen molar-refractivity contribution in [1.82, 2.24) is 0 Å². The third-order valence-corrected chi connectivity index (χ3v) is 2.01. The van der Waals surface area contributed by atoms with Gasteiger partial charge in [0, 0.05) is 5.69 Å². The average molecular weight is 234 g/mol. The zero-order valence-electron chi connectivity index (χ0n) is 7.95. The number of hydrogen-bond donors (Lipinski definition) is 3. The van der Waals surface area contributed by atoms with E-state index in [9.17, 15) is 18.0 Å². The Kier molecular flexibility index (Phi) is 3.09. The van der Waals surface area contributed by atoms with Gasteiger partial charge in [0.25, 0.3) is 0 Å². The lowest BCUT2D eigenvalue weighted by atomic mass is 10.0. The third kappa shape index (κ3) is 2.43.